The third-order valence-electron chi connectivity index (χ3n) is 4.78. The van der Waals surface area contributed by atoms with Gasteiger partial charge in [-0.2, -0.15) is 4.31 Å². The van der Waals surface area contributed by atoms with Crippen molar-refractivity contribution >= 4 is 15.9 Å². The summed E-state index contributed by atoms with van der Waals surface area (Å²) in [4.78, 5) is 12.3. The molecule has 2 aliphatic rings. The van der Waals surface area contributed by atoms with E-state index in [1.165, 1.54) is 28.6 Å². The first-order valence-electron chi connectivity index (χ1n) is 8.99. The molecule has 144 valence electrons. The van der Waals surface area contributed by atoms with Crippen LogP contribution in [0.3, 0.4) is 0 Å². The number of nitrogens with one attached hydrogen (secondary N) is 1. The van der Waals surface area contributed by atoms with Gasteiger partial charge in [0.2, 0.25) is 10.0 Å². The Labute approximate surface area is 154 Å². The fraction of sp³-hybridized carbons (Fsp3) is 0.611. The number of ether oxygens (including phenoxy) is 1. The molecule has 26 heavy (non-hydrogen) atoms. The lowest BCUT2D eigenvalue weighted by molar-refractivity contribution is -0.0440. The lowest BCUT2D eigenvalue weighted by atomic mass is 10.2. The van der Waals surface area contributed by atoms with Crippen molar-refractivity contribution in [3.8, 4) is 0 Å². The van der Waals surface area contributed by atoms with Crippen LogP contribution in [-0.4, -0.2) is 61.7 Å². The maximum absolute atomic E-state index is 12.8. The molecule has 1 aliphatic heterocycles. The molecule has 1 saturated carbocycles. The Balaban J connectivity index is 1.65. The van der Waals surface area contributed by atoms with Gasteiger partial charge in [0.1, 0.15) is 0 Å². The summed E-state index contributed by atoms with van der Waals surface area (Å²) in [7, 11) is -3.62. The van der Waals surface area contributed by atoms with E-state index in [0.29, 0.717) is 24.6 Å². The van der Waals surface area contributed by atoms with Crippen LogP contribution in [0, 0.1) is 5.92 Å². The molecule has 1 saturated heterocycles. The van der Waals surface area contributed by atoms with Crippen molar-refractivity contribution in [3.05, 3.63) is 29.8 Å². The van der Waals surface area contributed by atoms with E-state index in [1.807, 2.05) is 13.8 Å². The van der Waals surface area contributed by atoms with E-state index in [2.05, 4.69) is 5.32 Å². The molecular formula is C18H26N2O5S. The van der Waals surface area contributed by atoms with Crippen molar-refractivity contribution < 1.29 is 23.1 Å². The highest BCUT2D eigenvalue weighted by molar-refractivity contribution is 7.89. The monoisotopic (exact) mass is 382 g/mol. The van der Waals surface area contributed by atoms with Gasteiger partial charge < -0.3 is 15.2 Å². The minimum atomic E-state index is -3.62. The van der Waals surface area contributed by atoms with Crippen molar-refractivity contribution in [2.24, 2.45) is 5.92 Å². The lowest BCUT2D eigenvalue weighted by Crippen LogP contribution is -2.48. The summed E-state index contributed by atoms with van der Waals surface area (Å²) >= 11 is 0. The Morgan fingerprint density at radius 3 is 2.35 bits per heavy atom. The topological polar surface area (TPSA) is 95.9 Å². The highest BCUT2D eigenvalue weighted by Gasteiger charge is 2.32. The third kappa shape index (κ3) is 4.43. The molecule has 2 N–H and O–H groups in total. The zero-order valence-electron chi connectivity index (χ0n) is 15.1. The third-order valence-corrected chi connectivity index (χ3v) is 6.62. The molecule has 1 aromatic carbocycles. The number of benzene rings is 1. The van der Waals surface area contributed by atoms with Crippen molar-refractivity contribution in [2.75, 3.05) is 19.6 Å². The van der Waals surface area contributed by atoms with Gasteiger partial charge in [0, 0.05) is 25.2 Å². The van der Waals surface area contributed by atoms with Crippen LogP contribution >= 0.6 is 0 Å². The van der Waals surface area contributed by atoms with Crippen LogP contribution < -0.4 is 5.32 Å². The predicted molar refractivity (Wildman–Crippen MR) is 96.3 cm³/mol. The summed E-state index contributed by atoms with van der Waals surface area (Å²) in [6, 6.07) is 5.90. The molecule has 0 bridgehead atoms. The lowest BCUT2D eigenvalue weighted by Gasteiger charge is -2.34. The average Bonchev–Trinajstić information content (AvgIpc) is 3.43. The van der Waals surface area contributed by atoms with Crippen molar-refractivity contribution in [1.29, 1.82) is 0 Å². The normalized spacial score (nSPS) is 25.7. The molecule has 2 fully saturated rings. The molecule has 1 heterocycles. The highest BCUT2D eigenvalue weighted by atomic mass is 32.2. The van der Waals surface area contributed by atoms with Crippen LogP contribution in [0.2, 0.25) is 0 Å². The number of nitrogens with zero attached hydrogens (tertiary/aromatic N) is 1. The molecule has 0 spiro atoms. The zero-order valence-corrected chi connectivity index (χ0v) is 15.9. The van der Waals surface area contributed by atoms with Gasteiger partial charge in [0.05, 0.1) is 23.2 Å². The number of rotatable bonds is 6. The smallest absolute Gasteiger partial charge is 0.251 e. The van der Waals surface area contributed by atoms with E-state index in [0.717, 1.165) is 12.8 Å². The van der Waals surface area contributed by atoms with Gasteiger partial charge in [-0.25, -0.2) is 8.42 Å². The molecule has 0 unspecified atom stereocenters. The molecule has 7 nitrogen and oxygen atoms in total. The van der Waals surface area contributed by atoms with Crippen LogP contribution in [0.15, 0.2) is 29.2 Å². The number of carbonyl (C=O) groups excluding carboxylic acids is 1. The summed E-state index contributed by atoms with van der Waals surface area (Å²) in [6.07, 6.45) is 1.18. The fourth-order valence-electron chi connectivity index (χ4n) is 3.20. The predicted octanol–water partition coefficient (Wildman–Crippen LogP) is 0.985. The Bertz CT molecular complexity index is 735. The van der Waals surface area contributed by atoms with Crippen molar-refractivity contribution in [2.45, 2.75) is 49.9 Å². The van der Waals surface area contributed by atoms with Crippen LogP contribution in [0.4, 0.5) is 0 Å². The summed E-state index contributed by atoms with van der Waals surface area (Å²) in [5.41, 5.74) is 0.371. The Morgan fingerprint density at radius 2 is 1.81 bits per heavy atom. The van der Waals surface area contributed by atoms with E-state index >= 15 is 0 Å². The van der Waals surface area contributed by atoms with Gasteiger partial charge in [0.25, 0.3) is 5.91 Å². The van der Waals surface area contributed by atoms with Crippen molar-refractivity contribution in [3.63, 3.8) is 0 Å². The van der Waals surface area contributed by atoms with Gasteiger partial charge >= 0.3 is 0 Å². The summed E-state index contributed by atoms with van der Waals surface area (Å²) in [5.74, 6) is -0.0246. The average molecular weight is 382 g/mol. The molecule has 1 aliphatic carbocycles. The van der Waals surface area contributed by atoms with E-state index in [9.17, 15) is 18.3 Å². The largest absolute Gasteiger partial charge is 0.391 e. The van der Waals surface area contributed by atoms with Crippen LogP contribution in [0.1, 0.15) is 37.0 Å². The summed E-state index contributed by atoms with van der Waals surface area (Å²) in [5, 5.41) is 12.5. The number of sulfonamides is 1. The number of carbonyl (C=O) groups is 1. The van der Waals surface area contributed by atoms with Crippen LogP contribution in [0.5, 0.6) is 0 Å². The molecule has 3 atom stereocenters. The van der Waals surface area contributed by atoms with Gasteiger partial charge in [-0.05, 0) is 56.9 Å². The maximum Gasteiger partial charge on any atom is 0.251 e. The van der Waals surface area contributed by atoms with Gasteiger partial charge in [-0.1, -0.05) is 0 Å². The second kappa shape index (κ2) is 7.64. The Morgan fingerprint density at radius 1 is 1.23 bits per heavy atom. The minimum absolute atomic E-state index is 0.156. The number of morpholine rings is 1. The summed E-state index contributed by atoms with van der Waals surface area (Å²) in [6.45, 7) is 4.54. The first kappa shape index (κ1) is 19.3. The molecule has 1 amide bonds. The van der Waals surface area contributed by atoms with E-state index in [4.69, 9.17) is 4.74 Å². The first-order valence-corrected chi connectivity index (χ1v) is 10.4. The maximum atomic E-state index is 12.8. The SMILES string of the molecule is C[C@@H]1CN(S(=O)(=O)c2ccc(C(=O)NC[C@@H](O)C3CC3)cc2)C[C@@H](C)O1. The second-order valence-electron chi connectivity index (χ2n) is 7.22. The van der Waals surface area contributed by atoms with E-state index in [1.54, 1.807) is 0 Å². The zero-order chi connectivity index (χ0) is 18.9. The number of aliphatic hydroxyl groups excluding tert-OH is 1. The second-order valence-corrected chi connectivity index (χ2v) is 9.16. The van der Waals surface area contributed by atoms with Gasteiger partial charge in [-0.3, -0.25) is 4.79 Å². The van der Waals surface area contributed by atoms with E-state index in [-0.39, 0.29) is 29.6 Å². The number of amides is 1. The van der Waals surface area contributed by atoms with Crippen LogP contribution in [0.25, 0.3) is 0 Å². The first-order chi connectivity index (χ1) is 12.3. The van der Waals surface area contributed by atoms with Gasteiger partial charge in [0.15, 0.2) is 0 Å². The molecule has 8 heteroatoms. The Hall–Kier alpha value is -1.48. The standard InChI is InChI=1S/C18H26N2O5S/c1-12-10-20(11-13(2)25-12)26(23,24)16-7-5-15(6-8-16)18(22)19-9-17(21)14-3-4-14/h5-8,12-14,17,21H,3-4,9-11H2,1-2H3,(H,19,22)/t12-,13-,17-/m1/s1. The van der Waals surface area contributed by atoms with Crippen LogP contribution in [-0.2, 0) is 14.8 Å². The number of hydrogen-bond donors (Lipinski definition) is 2. The molecule has 3 rings (SSSR count). The van der Waals surface area contributed by atoms with E-state index < -0.39 is 16.1 Å². The molecule has 0 radical (unpaired) electrons. The fourth-order valence-corrected chi connectivity index (χ4v) is 4.79. The van der Waals surface area contributed by atoms with Gasteiger partial charge in [-0.15, -0.1) is 0 Å². The number of aliphatic hydroxyl groups is 1. The molecule has 0 aromatic heterocycles. The minimum Gasteiger partial charge on any atom is -0.391 e. The quantitative estimate of drug-likeness (QED) is 0.765. The van der Waals surface area contributed by atoms with Crippen molar-refractivity contribution in [1.82, 2.24) is 9.62 Å². The highest BCUT2D eigenvalue weighted by Crippen LogP contribution is 2.32. The molecule has 1 aromatic rings. The summed E-state index contributed by atoms with van der Waals surface area (Å²) < 4.78 is 32.6. The Kier molecular flexibility index (Phi) is 5.67. The number of hydrogen-bond acceptors (Lipinski definition) is 5. The molecular weight excluding hydrogens is 356 g/mol.